The highest BCUT2D eigenvalue weighted by molar-refractivity contribution is 6.31. The molecule has 8 heteroatoms. The van der Waals surface area contributed by atoms with Crippen molar-refractivity contribution in [2.75, 3.05) is 13.2 Å². The van der Waals surface area contributed by atoms with Gasteiger partial charge in [-0.25, -0.2) is 9.18 Å². The van der Waals surface area contributed by atoms with Crippen molar-refractivity contribution in [3.05, 3.63) is 34.6 Å². The number of benzene rings is 1. The Morgan fingerprint density at radius 2 is 2.04 bits per heavy atom. The summed E-state index contributed by atoms with van der Waals surface area (Å²) in [4.78, 5) is 34.3. The molecule has 0 heterocycles. The zero-order valence-corrected chi connectivity index (χ0v) is 13.4. The lowest BCUT2D eigenvalue weighted by Crippen LogP contribution is -2.41. The Labute approximate surface area is 138 Å². The van der Waals surface area contributed by atoms with Gasteiger partial charge in [0.2, 0.25) is 0 Å². The van der Waals surface area contributed by atoms with Gasteiger partial charge in [-0.05, 0) is 18.6 Å². The molecule has 0 radical (unpaired) electrons. The Kier molecular flexibility index (Phi) is 8.04. The Morgan fingerprint density at radius 3 is 2.70 bits per heavy atom. The molecule has 3 amide bonds. The molecule has 0 aliphatic carbocycles. The molecule has 0 saturated heterocycles. The molecule has 0 aliphatic rings. The van der Waals surface area contributed by atoms with Gasteiger partial charge in [-0.3, -0.25) is 14.9 Å². The van der Waals surface area contributed by atoms with Crippen molar-refractivity contribution in [3.8, 4) is 0 Å². The Balaban J connectivity index is 2.35. The highest BCUT2D eigenvalue weighted by atomic mass is 35.5. The quantitative estimate of drug-likeness (QED) is 0.586. The average molecular weight is 345 g/mol. The topological polar surface area (TPSA) is 84.5 Å². The standard InChI is InChI=1S/C15H18ClFN2O4/c1-2-3-7-18-15(22)19-13(20)9-23-14(21)8-10-11(16)5-4-6-12(10)17/h4-6H,2-3,7-9H2,1H3,(H2,18,19,20,22). The van der Waals surface area contributed by atoms with Crippen LogP contribution in [0.3, 0.4) is 0 Å². The van der Waals surface area contributed by atoms with E-state index in [1.165, 1.54) is 18.2 Å². The van der Waals surface area contributed by atoms with Gasteiger partial charge in [0.15, 0.2) is 6.61 Å². The van der Waals surface area contributed by atoms with E-state index in [0.29, 0.717) is 6.54 Å². The molecule has 0 spiro atoms. The number of imide groups is 1. The lowest BCUT2D eigenvalue weighted by atomic mass is 10.1. The van der Waals surface area contributed by atoms with Crippen molar-refractivity contribution < 1.29 is 23.5 Å². The molecule has 0 unspecified atom stereocenters. The van der Waals surface area contributed by atoms with Crippen LogP contribution in [-0.4, -0.2) is 31.1 Å². The van der Waals surface area contributed by atoms with Crippen LogP contribution in [0.5, 0.6) is 0 Å². The minimum absolute atomic E-state index is 0.00289. The first-order valence-corrected chi connectivity index (χ1v) is 7.48. The van der Waals surface area contributed by atoms with E-state index in [9.17, 15) is 18.8 Å². The molecule has 126 valence electrons. The Morgan fingerprint density at radius 1 is 1.30 bits per heavy atom. The van der Waals surface area contributed by atoms with Crippen LogP contribution in [-0.2, 0) is 20.7 Å². The normalized spacial score (nSPS) is 10.0. The molecule has 2 N–H and O–H groups in total. The summed E-state index contributed by atoms with van der Waals surface area (Å²) in [7, 11) is 0. The van der Waals surface area contributed by atoms with Crippen molar-refractivity contribution in [3.63, 3.8) is 0 Å². The van der Waals surface area contributed by atoms with Gasteiger partial charge >= 0.3 is 12.0 Å². The number of halogens is 2. The van der Waals surface area contributed by atoms with Gasteiger partial charge in [0.1, 0.15) is 5.82 Å². The fourth-order valence-electron chi connectivity index (χ4n) is 1.63. The van der Waals surface area contributed by atoms with Crippen LogP contribution < -0.4 is 10.6 Å². The molecule has 1 aromatic rings. The highest BCUT2D eigenvalue weighted by Crippen LogP contribution is 2.19. The van der Waals surface area contributed by atoms with E-state index < -0.39 is 36.8 Å². The first-order valence-electron chi connectivity index (χ1n) is 7.10. The van der Waals surface area contributed by atoms with Gasteiger partial charge in [0.25, 0.3) is 5.91 Å². The number of urea groups is 1. The lowest BCUT2D eigenvalue weighted by Gasteiger charge is -2.08. The van der Waals surface area contributed by atoms with Gasteiger partial charge in [0, 0.05) is 17.1 Å². The van der Waals surface area contributed by atoms with Crippen LogP contribution >= 0.6 is 11.6 Å². The first-order chi connectivity index (χ1) is 10.9. The van der Waals surface area contributed by atoms with Crippen molar-refractivity contribution in [1.29, 1.82) is 0 Å². The monoisotopic (exact) mass is 344 g/mol. The number of unbranched alkanes of at least 4 members (excludes halogenated alkanes) is 1. The predicted octanol–water partition coefficient (Wildman–Crippen LogP) is 2.19. The molecule has 0 aliphatic heterocycles. The summed E-state index contributed by atoms with van der Waals surface area (Å²) in [5.74, 6) is -2.22. The highest BCUT2D eigenvalue weighted by Gasteiger charge is 2.15. The van der Waals surface area contributed by atoms with Gasteiger partial charge in [0.05, 0.1) is 6.42 Å². The summed E-state index contributed by atoms with van der Waals surface area (Å²) in [6.07, 6.45) is 1.30. The van der Waals surface area contributed by atoms with Crippen molar-refractivity contribution >= 4 is 29.5 Å². The van der Waals surface area contributed by atoms with Gasteiger partial charge in [-0.2, -0.15) is 0 Å². The summed E-state index contributed by atoms with van der Waals surface area (Å²) in [6.45, 7) is 1.78. The molecule has 23 heavy (non-hydrogen) atoms. The molecule has 1 aromatic carbocycles. The molecular weight excluding hydrogens is 327 g/mol. The van der Waals surface area contributed by atoms with Crippen molar-refractivity contribution in [2.24, 2.45) is 0 Å². The Hall–Kier alpha value is -2.15. The van der Waals surface area contributed by atoms with Gasteiger partial charge in [-0.15, -0.1) is 0 Å². The summed E-state index contributed by atoms with van der Waals surface area (Å²) in [5.41, 5.74) is -0.00289. The van der Waals surface area contributed by atoms with Crippen LogP contribution in [0, 0.1) is 5.82 Å². The number of hydrogen-bond acceptors (Lipinski definition) is 4. The summed E-state index contributed by atoms with van der Waals surface area (Å²) in [6, 6.07) is 3.37. The number of carbonyl (C=O) groups excluding carboxylic acids is 3. The maximum absolute atomic E-state index is 13.5. The van der Waals surface area contributed by atoms with Crippen molar-refractivity contribution in [2.45, 2.75) is 26.2 Å². The summed E-state index contributed by atoms with van der Waals surface area (Å²) >= 11 is 5.79. The van der Waals surface area contributed by atoms with Crippen LogP contribution in [0.2, 0.25) is 5.02 Å². The molecule has 0 fully saturated rings. The number of nitrogens with one attached hydrogen (secondary N) is 2. The van der Waals surface area contributed by atoms with E-state index >= 15 is 0 Å². The van der Waals surface area contributed by atoms with Gasteiger partial charge < -0.3 is 10.1 Å². The lowest BCUT2D eigenvalue weighted by molar-refractivity contribution is -0.147. The molecule has 1 rings (SSSR count). The van der Waals surface area contributed by atoms with E-state index in [0.717, 1.165) is 12.8 Å². The van der Waals surface area contributed by atoms with E-state index in [4.69, 9.17) is 11.6 Å². The smallest absolute Gasteiger partial charge is 0.321 e. The molecule has 0 saturated carbocycles. The maximum atomic E-state index is 13.5. The minimum Gasteiger partial charge on any atom is -0.455 e. The number of amides is 3. The number of carbonyl (C=O) groups is 3. The molecular formula is C15H18ClFN2O4. The second kappa shape index (κ2) is 9.78. The minimum atomic E-state index is -0.821. The number of rotatable bonds is 7. The number of ether oxygens (including phenoxy) is 1. The Bertz CT molecular complexity index is 560. The van der Waals surface area contributed by atoms with Crippen LogP contribution in [0.25, 0.3) is 0 Å². The van der Waals surface area contributed by atoms with Crippen LogP contribution in [0.4, 0.5) is 9.18 Å². The van der Waals surface area contributed by atoms with Crippen molar-refractivity contribution in [1.82, 2.24) is 10.6 Å². The fraction of sp³-hybridized carbons (Fsp3) is 0.400. The zero-order chi connectivity index (χ0) is 17.2. The third-order valence-corrected chi connectivity index (χ3v) is 3.17. The summed E-state index contributed by atoms with van der Waals surface area (Å²) in [5, 5.41) is 4.59. The zero-order valence-electron chi connectivity index (χ0n) is 12.7. The van der Waals surface area contributed by atoms with E-state index in [2.05, 4.69) is 10.1 Å². The second-order valence-corrected chi connectivity index (χ2v) is 5.10. The SMILES string of the molecule is CCCCNC(=O)NC(=O)COC(=O)Cc1c(F)cccc1Cl. The van der Waals surface area contributed by atoms with E-state index in [1.807, 2.05) is 12.2 Å². The predicted molar refractivity (Wildman–Crippen MR) is 82.5 cm³/mol. The van der Waals surface area contributed by atoms with E-state index in [-0.39, 0.29) is 10.6 Å². The third-order valence-electron chi connectivity index (χ3n) is 2.82. The fourth-order valence-corrected chi connectivity index (χ4v) is 1.86. The maximum Gasteiger partial charge on any atom is 0.321 e. The molecule has 0 aromatic heterocycles. The van der Waals surface area contributed by atoms with Crippen LogP contribution in [0.1, 0.15) is 25.3 Å². The largest absolute Gasteiger partial charge is 0.455 e. The average Bonchev–Trinajstić information content (AvgIpc) is 2.49. The molecule has 0 atom stereocenters. The number of esters is 1. The third kappa shape index (κ3) is 7.10. The van der Waals surface area contributed by atoms with Gasteiger partial charge in [-0.1, -0.05) is 31.0 Å². The molecule has 6 nitrogen and oxygen atoms in total. The number of hydrogen-bond donors (Lipinski definition) is 2. The molecule has 0 bridgehead atoms. The second-order valence-electron chi connectivity index (χ2n) is 4.70. The van der Waals surface area contributed by atoms with E-state index in [1.54, 1.807) is 0 Å². The first kappa shape index (κ1) is 18.9. The van der Waals surface area contributed by atoms with Crippen LogP contribution in [0.15, 0.2) is 18.2 Å². The summed E-state index contributed by atoms with van der Waals surface area (Å²) < 4.78 is 18.2.